The standard InChI is InChI=1S/C81H100O20Si4/c1-9-17-65(13-5)102-69-45-21-53(22-46-69)73(82)94-98-77(86)90-61-37-29-57(30-38-61)81(58-31-39-62(40-32-58)91-78(87)99-95-74(83)54-23-47-70(48-24-54)103-66(14-6)18-10-2,59-33-41-63(42-34-59)92-79(88)100-96-75(84)55-25-49-71(50-26-55)104-67(15-7)19-11-3)60-35-43-64(44-36-60)93-80(89)101-97-76(85)56-27-51-72(52-28-56)105-68(16-8)20-12-4/h17-28,45-52,57-64H,9-16,29-44H2,1-8H3/b65-17+,66-18+,67-19+,68-20+. The molecule has 4 aliphatic carbocycles. The molecule has 0 N–H and O–H groups in total. The van der Waals surface area contributed by atoms with Gasteiger partial charge in [0.2, 0.25) is 0 Å². The molecule has 105 heavy (non-hydrogen) atoms. The maximum absolute atomic E-state index is 13.3. The van der Waals surface area contributed by atoms with Crippen molar-refractivity contribution in [1.82, 2.24) is 0 Å². The quantitative estimate of drug-likeness (QED) is 0.0168. The molecule has 0 amide bonds. The van der Waals surface area contributed by atoms with Crippen LogP contribution in [0, 0.1) is 29.1 Å². The molecule has 24 heteroatoms. The smallest absolute Gasteiger partial charge is 0.428 e. The predicted molar refractivity (Wildman–Crippen MR) is 399 cm³/mol. The Morgan fingerprint density at radius 3 is 0.629 bits per heavy atom. The highest BCUT2D eigenvalue weighted by atomic mass is 28.2. The lowest BCUT2D eigenvalue weighted by Crippen LogP contribution is -2.54. The van der Waals surface area contributed by atoms with Crippen molar-refractivity contribution in [3.8, 4) is 0 Å². The molecule has 560 valence electrons. The maximum Gasteiger partial charge on any atom is 0.550 e. The summed E-state index contributed by atoms with van der Waals surface area (Å²) in [5.41, 5.74) is 0.417. The Morgan fingerprint density at radius 2 is 0.467 bits per heavy atom. The monoisotopic (exact) mass is 1500 g/mol. The van der Waals surface area contributed by atoms with Crippen LogP contribution < -0.4 is 20.7 Å². The van der Waals surface area contributed by atoms with Crippen molar-refractivity contribution >= 4 is 107 Å². The molecule has 20 nitrogen and oxygen atoms in total. The summed E-state index contributed by atoms with van der Waals surface area (Å²) in [6, 6.07) is 28.0. The Balaban J connectivity index is 0.964. The summed E-state index contributed by atoms with van der Waals surface area (Å²) in [4.78, 5) is 146. The molecule has 0 bridgehead atoms. The fourth-order valence-electron chi connectivity index (χ4n) is 15.4. The Kier molecular flexibility index (Phi) is 33.5. The van der Waals surface area contributed by atoms with E-state index in [1.165, 1.54) is 20.8 Å². The lowest BCUT2D eigenvalue weighted by molar-refractivity contribution is -0.213. The van der Waals surface area contributed by atoms with Crippen molar-refractivity contribution in [3.05, 3.63) is 164 Å². The minimum absolute atomic E-state index is 0.0364. The van der Waals surface area contributed by atoms with Crippen LogP contribution in [0.5, 0.6) is 0 Å². The maximum atomic E-state index is 13.3. The van der Waals surface area contributed by atoms with Gasteiger partial charge < -0.3 is 18.9 Å². The van der Waals surface area contributed by atoms with E-state index in [9.17, 15) is 38.4 Å². The summed E-state index contributed by atoms with van der Waals surface area (Å²) < 4.78 is 23.5. The molecule has 0 spiro atoms. The van der Waals surface area contributed by atoms with Gasteiger partial charge in [-0.25, -0.2) is 58.3 Å². The number of ether oxygens (including phenoxy) is 4. The number of rotatable bonds is 28. The molecule has 4 aromatic carbocycles. The van der Waals surface area contributed by atoms with Crippen molar-refractivity contribution in [2.24, 2.45) is 29.1 Å². The Labute approximate surface area is 627 Å². The van der Waals surface area contributed by atoms with Gasteiger partial charge in [-0.05, 0) is 232 Å². The predicted octanol–water partition coefficient (Wildman–Crippen LogP) is 16.0. The van der Waals surface area contributed by atoms with Gasteiger partial charge in [-0.15, -0.1) is 0 Å². The van der Waals surface area contributed by atoms with E-state index in [2.05, 4.69) is 79.7 Å². The van der Waals surface area contributed by atoms with Crippen LogP contribution in [0.25, 0.3) is 0 Å². The molecule has 0 unspecified atom stereocenters. The molecule has 8 rings (SSSR count). The lowest BCUT2D eigenvalue weighted by atomic mass is 9.45. The molecule has 4 aliphatic rings. The topological polar surface area (TPSA) is 247 Å². The van der Waals surface area contributed by atoms with Gasteiger partial charge in [0.05, 0.1) is 22.3 Å². The van der Waals surface area contributed by atoms with E-state index in [-0.39, 0.29) is 45.9 Å². The molecule has 0 saturated heterocycles. The first-order valence-electron chi connectivity index (χ1n) is 37.5. The molecule has 0 atom stereocenters. The third-order valence-electron chi connectivity index (χ3n) is 20.3. The molecule has 8 radical (unpaired) electrons. The summed E-state index contributed by atoms with van der Waals surface area (Å²) in [6.45, 7) is 16.8. The van der Waals surface area contributed by atoms with E-state index in [1.807, 2.05) is 48.5 Å². The van der Waals surface area contributed by atoms with Gasteiger partial charge in [-0.1, -0.05) is 170 Å². The van der Waals surface area contributed by atoms with Crippen LogP contribution >= 0.6 is 0 Å². The van der Waals surface area contributed by atoms with E-state index >= 15 is 0 Å². The minimum atomic E-state index is -1.14. The minimum Gasteiger partial charge on any atom is -0.428 e. The number of carbonyl (C=O) groups is 8. The fraction of sp³-hybridized carbons (Fsp3) is 0.506. The Morgan fingerprint density at radius 1 is 0.286 bits per heavy atom. The Hall–Kier alpha value is -8.33. The number of benzene rings is 4. The highest BCUT2D eigenvalue weighted by molar-refractivity contribution is 6.62. The number of hydrogen-bond acceptors (Lipinski definition) is 20. The number of carbonyl (C=O) groups excluding carboxylic acids is 8. The SMILES string of the molecule is CC/C=C(\CC)[Si]c1ccc(C(=O)OOC(=O)OC2CCC(C(C3CCC(OC(=O)OOC(=O)c4ccc([Si]/C(=C/CC)CC)cc4)CC3)(C3CCC(OC(=O)OOC(=O)c4ccc([Si]/C(=C/CC)CC)cc4)CC3)C3CCC(OC(=O)OOC(=O)c4ccc([Si]/C(=C/CC)CC)cc4)CC3)CC2)cc1. The van der Waals surface area contributed by atoms with E-state index in [1.54, 1.807) is 48.5 Å². The summed E-state index contributed by atoms with van der Waals surface area (Å²) in [7, 11) is 1.87. The van der Waals surface area contributed by atoms with Gasteiger partial charge in [0.1, 0.15) is 62.5 Å². The van der Waals surface area contributed by atoms with Crippen LogP contribution in [-0.4, -0.2) is 111 Å². The molecule has 4 fully saturated rings. The normalized spacial score (nSPS) is 21.4. The van der Waals surface area contributed by atoms with E-state index in [0.717, 1.165) is 72.1 Å². The first-order chi connectivity index (χ1) is 50.9. The highest BCUT2D eigenvalue weighted by Gasteiger charge is 2.57. The largest absolute Gasteiger partial charge is 0.550 e. The van der Waals surface area contributed by atoms with Gasteiger partial charge in [0.15, 0.2) is 0 Å². The fourth-order valence-corrected chi connectivity index (χ4v) is 20.2. The number of hydrogen-bond donors (Lipinski definition) is 0. The van der Waals surface area contributed by atoms with Crippen LogP contribution in [0.2, 0.25) is 0 Å². The van der Waals surface area contributed by atoms with Gasteiger partial charge in [0.25, 0.3) is 0 Å². The van der Waals surface area contributed by atoms with Crippen LogP contribution in [0.4, 0.5) is 19.2 Å². The zero-order chi connectivity index (χ0) is 75.1. The van der Waals surface area contributed by atoms with Crippen LogP contribution in [-0.2, 0) is 58.0 Å². The van der Waals surface area contributed by atoms with Crippen molar-refractivity contribution in [1.29, 1.82) is 0 Å². The van der Waals surface area contributed by atoms with E-state index in [0.29, 0.717) is 141 Å². The highest BCUT2D eigenvalue weighted by Crippen LogP contribution is 2.63. The van der Waals surface area contributed by atoms with Crippen molar-refractivity contribution in [2.75, 3.05) is 0 Å². The second-order valence-corrected chi connectivity index (χ2v) is 32.8. The summed E-state index contributed by atoms with van der Waals surface area (Å²) in [5.74, 6) is -3.22. The van der Waals surface area contributed by atoms with Crippen molar-refractivity contribution < 1.29 is 96.4 Å². The van der Waals surface area contributed by atoms with Gasteiger partial charge in [0, 0.05) is 0 Å². The van der Waals surface area contributed by atoms with Gasteiger partial charge >= 0.3 is 48.5 Å². The van der Waals surface area contributed by atoms with E-state index < -0.39 is 78.3 Å². The van der Waals surface area contributed by atoms with Gasteiger partial charge in [-0.3, -0.25) is 0 Å². The molecule has 0 heterocycles. The van der Waals surface area contributed by atoms with Crippen LogP contribution in [0.15, 0.2) is 142 Å². The van der Waals surface area contributed by atoms with Crippen LogP contribution in [0.3, 0.4) is 0 Å². The van der Waals surface area contributed by atoms with E-state index in [4.69, 9.17) is 58.0 Å². The molecule has 4 saturated carbocycles. The molecule has 0 aromatic heterocycles. The molecule has 4 aromatic rings. The second kappa shape index (κ2) is 42.7. The first kappa shape index (κ1) is 82.3. The van der Waals surface area contributed by atoms with Crippen molar-refractivity contribution in [3.63, 3.8) is 0 Å². The molecule has 0 aliphatic heterocycles. The van der Waals surface area contributed by atoms with Crippen molar-refractivity contribution in [2.45, 2.75) is 234 Å². The van der Waals surface area contributed by atoms with Gasteiger partial charge in [-0.2, -0.15) is 19.2 Å². The summed E-state index contributed by atoms with van der Waals surface area (Å²) in [5, 5.41) is 9.53. The average molecular weight is 1510 g/mol. The zero-order valence-electron chi connectivity index (χ0n) is 61.8. The first-order valence-corrected chi connectivity index (χ1v) is 41.5. The molecular formula is C81H100O20Si4. The summed E-state index contributed by atoms with van der Waals surface area (Å²) >= 11 is 0. The summed E-state index contributed by atoms with van der Waals surface area (Å²) in [6.07, 6.45) is 18.2. The lowest BCUT2D eigenvalue weighted by Gasteiger charge is -2.60. The van der Waals surface area contributed by atoms with Crippen LogP contribution in [0.1, 0.15) is 251 Å². The third-order valence-corrected chi connectivity index (χ3v) is 26.3. The average Bonchev–Trinajstić information content (AvgIpc) is 0.732. The second-order valence-electron chi connectivity index (χ2n) is 27.0. The third kappa shape index (κ3) is 24.9. The number of allylic oxidation sites excluding steroid dienone is 8. The zero-order valence-corrected chi connectivity index (χ0v) is 65.8. The Bertz CT molecular complexity index is 3140. The molecular weight excluding hydrogens is 1410 g/mol.